The smallest absolute Gasteiger partial charge is 0.262 e. The molecule has 0 unspecified atom stereocenters. The first-order valence-corrected chi connectivity index (χ1v) is 10.4. The number of ether oxygens (including phenoxy) is 2. The zero-order valence-corrected chi connectivity index (χ0v) is 17.5. The van der Waals surface area contributed by atoms with E-state index < -0.39 is 0 Å². The van der Waals surface area contributed by atoms with Crippen molar-refractivity contribution in [3.63, 3.8) is 0 Å². The molecule has 2 heterocycles. The maximum absolute atomic E-state index is 12.4. The number of rotatable bonds is 7. The number of fused-ring (bicyclic) bond motifs is 1. The maximum atomic E-state index is 12.4. The molecule has 4 rings (SSSR count). The van der Waals surface area contributed by atoms with E-state index in [-0.39, 0.29) is 12.5 Å². The number of aromatic nitrogens is 2. The summed E-state index contributed by atoms with van der Waals surface area (Å²) in [6.07, 6.45) is 1.76. The summed E-state index contributed by atoms with van der Waals surface area (Å²) < 4.78 is 11.0. The molecule has 2 aromatic carbocycles. The molecular formula is C23H21N3O3S. The van der Waals surface area contributed by atoms with Crippen molar-refractivity contribution in [2.24, 2.45) is 0 Å². The number of benzene rings is 2. The fourth-order valence-electron chi connectivity index (χ4n) is 3.02. The predicted octanol–water partition coefficient (Wildman–Crippen LogP) is 5.08. The lowest BCUT2D eigenvalue weighted by Crippen LogP contribution is -2.20. The highest BCUT2D eigenvalue weighted by molar-refractivity contribution is 7.21. The summed E-state index contributed by atoms with van der Waals surface area (Å²) in [5.74, 6) is 1.16. The fourth-order valence-corrected chi connectivity index (χ4v) is 4.01. The number of carbonyl (C=O) groups is 1. The standard InChI is InChI=1S/C23H21N3O3S/c1-3-28-16-9-11-17(12-10-16)29-14-21(27)25-19-7-4-6-18(15(19)2)22-26-20-8-5-13-24-23(20)30-22/h4-13H,3,14H2,1-2H3,(H,25,27). The Morgan fingerprint density at radius 2 is 1.80 bits per heavy atom. The lowest BCUT2D eigenvalue weighted by atomic mass is 10.1. The molecule has 4 aromatic rings. The summed E-state index contributed by atoms with van der Waals surface area (Å²) in [4.78, 5) is 22.3. The molecule has 0 saturated carbocycles. The molecule has 6 nitrogen and oxygen atoms in total. The summed E-state index contributed by atoms with van der Waals surface area (Å²) in [6.45, 7) is 4.43. The van der Waals surface area contributed by atoms with E-state index >= 15 is 0 Å². The molecule has 152 valence electrons. The van der Waals surface area contributed by atoms with Gasteiger partial charge in [-0.2, -0.15) is 0 Å². The van der Waals surface area contributed by atoms with Gasteiger partial charge in [-0.1, -0.05) is 23.5 Å². The molecule has 0 fully saturated rings. The second-order valence-electron chi connectivity index (χ2n) is 6.57. The van der Waals surface area contributed by atoms with Crippen LogP contribution in [0.4, 0.5) is 5.69 Å². The average molecular weight is 420 g/mol. The Morgan fingerprint density at radius 1 is 1.03 bits per heavy atom. The summed E-state index contributed by atoms with van der Waals surface area (Å²) in [7, 11) is 0. The van der Waals surface area contributed by atoms with Gasteiger partial charge in [-0.3, -0.25) is 4.79 Å². The third-order valence-corrected chi connectivity index (χ3v) is 5.52. The number of nitrogens with one attached hydrogen (secondary N) is 1. The van der Waals surface area contributed by atoms with Crippen LogP contribution < -0.4 is 14.8 Å². The van der Waals surface area contributed by atoms with Gasteiger partial charge in [-0.25, -0.2) is 9.97 Å². The number of amides is 1. The molecule has 0 aliphatic heterocycles. The summed E-state index contributed by atoms with van der Waals surface area (Å²) in [6, 6.07) is 16.8. The minimum absolute atomic E-state index is 0.0806. The third kappa shape index (κ3) is 4.41. The fraction of sp³-hybridized carbons (Fsp3) is 0.174. The van der Waals surface area contributed by atoms with Crippen molar-refractivity contribution >= 4 is 33.3 Å². The van der Waals surface area contributed by atoms with Crippen LogP contribution in [-0.2, 0) is 4.79 Å². The van der Waals surface area contributed by atoms with E-state index in [4.69, 9.17) is 9.47 Å². The van der Waals surface area contributed by atoms with Gasteiger partial charge in [0.1, 0.15) is 26.9 Å². The largest absolute Gasteiger partial charge is 0.494 e. The predicted molar refractivity (Wildman–Crippen MR) is 119 cm³/mol. The van der Waals surface area contributed by atoms with Crippen molar-refractivity contribution in [2.45, 2.75) is 13.8 Å². The Kier molecular flexibility index (Phi) is 5.90. The van der Waals surface area contributed by atoms with E-state index in [0.29, 0.717) is 12.4 Å². The van der Waals surface area contributed by atoms with Gasteiger partial charge < -0.3 is 14.8 Å². The van der Waals surface area contributed by atoms with Gasteiger partial charge in [0, 0.05) is 17.4 Å². The van der Waals surface area contributed by atoms with Crippen LogP contribution in [0.15, 0.2) is 60.8 Å². The quantitative estimate of drug-likeness (QED) is 0.452. The maximum Gasteiger partial charge on any atom is 0.262 e. The Labute approximate surface area is 178 Å². The van der Waals surface area contributed by atoms with Gasteiger partial charge in [0.2, 0.25) is 0 Å². The molecule has 0 bridgehead atoms. The number of hydrogen-bond donors (Lipinski definition) is 1. The molecule has 0 radical (unpaired) electrons. The molecule has 0 atom stereocenters. The van der Waals surface area contributed by atoms with E-state index in [2.05, 4.69) is 15.3 Å². The van der Waals surface area contributed by atoms with Crippen LogP contribution in [-0.4, -0.2) is 29.1 Å². The van der Waals surface area contributed by atoms with Crippen LogP contribution in [0.3, 0.4) is 0 Å². The molecule has 1 amide bonds. The van der Waals surface area contributed by atoms with Gasteiger partial charge in [0.25, 0.3) is 5.91 Å². The topological polar surface area (TPSA) is 73.3 Å². The van der Waals surface area contributed by atoms with Crippen molar-refractivity contribution in [1.29, 1.82) is 0 Å². The third-order valence-electron chi connectivity index (χ3n) is 4.51. The molecule has 0 aliphatic rings. The van der Waals surface area contributed by atoms with E-state index in [9.17, 15) is 4.79 Å². The zero-order valence-electron chi connectivity index (χ0n) is 16.7. The van der Waals surface area contributed by atoms with E-state index in [1.165, 1.54) is 11.3 Å². The van der Waals surface area contributed by atoms with Crippen LogP contribution in [0.1, 0.15) is 12.5 Å². The van der Waals surface area contributed by atoms with Gasteiger partial charge in [-0.05, 0) is 61.9 Å². The number of thiazole rings is 1. The van der Waals surface area contributed by atoms with Crippen LogP contribution in [0.5, 0.6) is 11.5 Å². The molecule has 1 N–H and O–H groups in total. The Morgan fingerprint density at radius 3 is 2.53 bits per heavy atom. The van der Waals surface area contributed by atoms with E-state index in [1.54, 1.807) is 18.3 Å². The number of hydrogen-bond acceptors (Lipinski definition) is 6. The zero-order chi connectivity index (χ0) is 20.9. The SMILES string of the molecule is CCOc1ccc(OCC(=O)Nc2cccc(-c3nc4cccnc4s3)c2C)cc1. The number of pyridine rings is 1. The minimum Gasteiger partial charge on any atom is -0.494 e. The number of carbonyl (C=O) groups excluding carboxylic acids is 1. The molecule has 0 aliphatic carbocycles. The van der Waals surface area contributed by atoms with E-state index in [0.717, 1.165) is 37.9 Å². The second-order valence-corrected chi connectivity index (χ2v) is 7.54. The monoisotopic (exact) mass is 419 g/mol. The van der Waals surface area contributed by atoms with Crippen molar-refractivity contribution in [1.82, 2.24) is 9.97 Å². The van der Waals surface area contributed by atoms with Gasteiger partial charge >= 0.3 is 0 Å². The first-order valence-electron chi connectivity index (χ1n) is 9.61. The molecular weight excluding hydrogens is 398 g/mol. The Bertz CT molecular complexity index is 1140. The highest BCUT2D eigenvalue weighted by Crippen LogP contribution is 2.33. The first kappa shape index (κ1) is 19.8. The van der Waals surface area contributed by atoms with Gasteiger partial charge in [0.05, 0.1) is 6.61 Å². The Balaban J connectivity index is 1.44. The summed E-state index contributed by atoms with van der Waals surface area (Å²) in [5, 5.41) is 3.81. The molecule has 0 saturated heterocycles. The van der Waals surface area contributed by atoms with Crippen molar-refractivity contribution < 1.29 is 14.3 Å². The van der Waals surface area contributed by atoms with Crippen molar-refractivity contribution in [3.8, 4) is 22.1 Å². The molecule has 7 heteroatoms. The normalized spacial score (nSPS) is 10.7. The van der Waals surface area contributed by atoms with Gasteiger partial charge in [0.15, 0.2) is 6.61 Å². The van der Waals surface area contributed by atoms with E-state index in [1.807, 2.05) is 56.3 Å². The number of nitrogens with zero attached hydrogens (tertiary/aromatic N) is 2. The van der Waals surface area contributed by atoms with Crippen LogP contribution in [0.2, 0.25) is 0 Å². The second kappa shape index (κ2) is 8.92. The Hall–Kier alpha value is -3.45. The highest BCUT2D eigenvalue weighted by Gasteiger charge is 2.13. The highest BCUT2D eigenvalue weighted by atomic mass is 32.1. The lowest BCUT2D eigenvalue weighted by molar-refractivity contribution is -0.118. The van der Waals surface area contributed by atoms with Gasteiger partial charge in [-0.15, -0.1) is 0 Å². The van der Waals surface area contributed by atoms with Crippen LogP contribution in [0, 0.1) is 6.92 Å². The van der Waals surface area contributed by atoms with Crippen LogP contribution in [0.25, 0.3) is 20.9 Å². The average Bonchev–Trinajstić information content (AvgIpc) is 3.19. The van der Waals surface area contributed by atoms with Crippen molar-refractivity contribution in [3.05, 3.63) is 66.4 Å². The van der Waals surface area contributed by atoms with Crippen molar-refractivity contribution in [2.75, 3.05) is 18.5 Å². The summed E-state index contributed by atoms with van der Waals surface area (Å²) >= 11 is 1.53. The summed E-state index contributed by atoms with van der Waals surface area (Å²) in [5.41, 5.74) is 3.53. The molecule has 2 aromatic heterocycles. The molecule has 0 spiro atoms. The molecule has 30 heavy (non-hydrogen) atoms. The number of anilines is 1. The lowest BCUT2D eigenvalue weighted by Gasteiger charge is -2.12. The first-order chi connectivity index (χ1) is 14.6. The van der Waals surface area contributed by atoms with Crippen LogP contribution >= 0.6 is 11.3 Å². The minimum atomic E-state index is -0.227.